The average molecular weight is 293 g/mol. The van der Waals surface area contributed by atoms with Gasteiger partial charge < -0.3 is 19.9 Å². The van der Waals surface area contributed by atoms with Crippen molar-refractivity contribution in [2.75, 3.05) is 13.7 Å². The third-order valence-electron chi connectivity index (χ3n) is 3.98. The van der Waals surface area contributed by atoms with Crippen LogP contribution in [0.1, 0.15) is 38.7 Å². The summed E-state index contributed by atoms with van der Waals surface area (Å²) in [5, 5.41) is 13.3. The van der Waals surface area contributed by atoms with Crippen molar-refractivity contribution in [3.63, 3.8) is 0 Å². The van der Waals surface area contributed by atoms with E-state index in [1.807, 2.05) is 32.0 Å². The Hall–Kier alpha value is -1.26. The minimum Gasteiger partial charge on any atom is -0.497 e. The number of aliphatic hydroxyl groups excluding tert-OH is 1. The highest BCUT2D eigenvalue weighted by atomic mass is 16.5. The van der Waals surface area contributed by atoms with Gasteiger partial charge in [-0.05, 0) is 38.7 Å². The summed E-state index contributed by atoms with van der Waals surface area (Å²) in [6, 6.07) is 5.92. The van der Waals surface area contributed by atoms with Crippen LogP contribution < -0.4 is 14.8 Å². The first-order valence-corrected chi connectivity index (χ1v) is 7.82. The summed E-state index contributed by atoms with van der Waals surface area (Å²) in [5.41, 5.74) is 1.12. The van der Waals surface area contributed by atoms with Crippen LogP contribution in [0.25, 0.3) is 0 Å². The van der Waals surface area contributed by atoms with Crippen molar-refractivity contribution in [1.82, 2.24) is 5.32 Å². The van der Waals surface area contributed by atoms with Crippen LogP contribution in [0.5, 0.6) is 11.5 Å². The molecular weight excluding hydrogens is 266 g/mol. The summed E-state index contributed by atoms with van der Waals surface area (Å²) in [6.45, 7) is 5.64. The van der Waals surface area contributed by atoms with Crippen molar-refractivity contribution >= 4 is 0 Å². The zero-order valence-corrected chi connectivity index (χ0v) is 13.3. The van der Waals surface area contributed by atoms with E-state index in [0.29, 0.717) is 5.92 Å². The van der Waals surface area contributed by atoms with E-state index in [-0.39, 0.29) is 12.2 Å². The van der Waals surface area contributed by atoms with Crippen LogP contribution in [0.2, 0.25) is 0 Å². The Labute approximate surface area is 127 Å². The minimum atomic E-state index is -0.139. The molecule has 1 saturated carbocycles. The number of nitrogens with one attached hydrogen (secondary N) is 1. The molecule has 1 aliphatic rings. The van der Waals surface area contributed by atoms with Gasteiger partial charge in [-0.3, -0.25) is 0 Å². The topological polar surface area (TPSA) is 50.7 Å². The van der Waals surface area contributed by atoms with Crippen molar-refractivity contribution in [3.05, 3.63) is 23.8 Å². The van der Waals surface area contributed by atoms with E-state index in [9.17, 15) is 5.11 Å². The Morgan fingerprint density at radius 3 is 2.76 bits per heavy atom. The summed E-state index contributed by atoms with van der Waals surface area (Å²) in [6.07, 6.45) is 3.19. The molecule has 1 aromatic carbocycles. The van der Waals surface area contributed by atoms with Gasteiger partial charge in [0, 0.05) is 24.7 Å². The Morgan fingerprint density at radius 1 is 1.33 bits per heavy atom. The van der Waals surface area contributed by atoms with Gasteiger partial charge in [0.15, 0.2) is 0 Å². The molecule has 1 aromatic rings. The van der Waals surface area contributed by atoms with Gasteiger partial charge in [-0.2, -0.15) is 0 Å². The zero-order valence-electron chi connectivity index (χ0n) is 13.3. The maximum atomic E-state index is 9.85. The molecule has 0 aliphatic heterocycles. The summed E-state index contributed by atoms with van der Waals surface area (Å²) in [5.74, 6) is 2.06. The van der Waals surface area contributed by atoms with Crippen LogP contribution in [-0.2, 0) is 6.54 Å². The van der Waals surface area contributed by atoms with Gasteiger partial charge in [-0.15, -0.1) is 0 Å². The standard InChI is InChI=1S/C17H27NO3/c1-12(2)21-17-9-15(20-3)8-7-14(17)11-18-10-13-5-4-6-16(13)19/h7-9,12-13,16,18-19H,4-6,10-11H2,1-3H3. The molecule has 0 bridgehead atoms. The van der Waals surface area contributed by atoms with E-state index in [1.165, 1.54) is 0 Å². The predicted octanol–water partition coefficient (Wildman–Crippen LogP) is 2.73. The van der Waals surface area contributed by atoms with Crippen molar-refractivity contribution in [3.8, 4) is 11.5 Å². The fraction of sp³-hybridized carbons (Fsp3) is 0.647. The molecule has 1 aliphatic carbocycles. The summed E-state index contributed by atoms with van der Waals surface area (Å²) < 4.78 is 11.1. The first kappa shape index (κ1) is 16.1. The molecule has 0 spiro atoms. The molecular formula is C17H27NO3. The minimum absolute atomic E-state index is 0.132. The van der Waals surface area contributed by atoms with E-state index >= 15 is 0 Å². The Kier molecular flexibility index (Phi) is 5.88. The second-order valence-electron chi connectivity index (χ2n) is 6.03. The molecule has 0 saturated heterocycles. The number of hydrogen-bond acceptors (Lipinski definition) is 4. The van der Waals surface area contributed by atoms with E-state index in [2.05, 4.69) is 5.32 Å². The largest absolute Gasteiger partial charge is 0.497 e. The number of hydrogen-bond donors (Lipinski definition) is 2. The van der Waals surface area contributed by atoms with Gasteiger partial charge in [0.2, 0.25) is 0 Å². The molecule has 0 amide bonds. The third-order valence-corrected chi connectivity index (χ3v) is 3.98. The molecule has 0 heterocycles. The summed E-state index contributed by atoms with van der Waals surface area (Å²) in [4.78, 5) is 0. The Balaban J connectivity index is 1.94. The van der Waals surface area contributed by atoms with Crippen LogP contribution in [0.3, 0.4) is 0 Å². The highest BCUT2D eigenvalue weighted by molar-refractivity contribution is 5.40. The normalized spacial score (nSPS) is 21.8. The molecule has 118 valence electrons. The first-order chi connectivity index (χ1) is 10.1. The molecule has 2 N–H and O–H groups in total. The van der Waals surface area contributed by atoms with Crippen molar-refractivity contribution < 1.29 is 14.6 Å². The zero-order chi connectivity index (χ0) is 15.2. The van der Waals surface area contributed by atoms with Crippen LogP contribution in [0.4, 0.5) is 0 Å². The maximum absolute atomic E-state index is 9.85. The fourth-order valence-corrected chi connectivity index (χ4v) is 2.82. The lowest BCUT2D eigenvalue weighted by Crippen LogP contribution is -2.27. The molecule has 2 atom stereocenters. The number of benzene rings is 1. The monoisotopic (exact) mass is 293 g/mol. The second kappa shape index (κ2) is 7.66. The van der Waals surface area contributed by atoms with E-state index in [1.54, 1.807) is 7.11 Å². The lowest BCUT2D eigenvalue weighted by molar-refractivity contribution is 0.131. The van der Waals surface area contributed by atoms with Gasteiger partial charge in [-0.1, -0.05) is 12.5 Å². The smallest absolute Gasteiger partial charge is 0.127 e. The van der Waals surface area contributed by atoms with Crippen molar-refractivity contribution in [2.24, 2.45) is 5.92 Å². The van der Waals surface area contributed by atoms with Gasteiger partial charge in [0.05, 0.1) is 19.3 Å². The number of ether oxygens (including phenoxy) is 2. The van der Waals surface area contributed by atoms with Crippen LogP contribution >= 0.6 is 0 Å². The number of methoxy groups -OCH3 is 1. The van der Waals surface area contributed by atoms with Gasteiger partial charge in [0.1, 0.15) is 11.5 Å². The molecule has 2 unspecified atom stereocenters. The third kappa shape index (κ3) is 4.61. The number of aliphatic hydroxyl groups is 1. The predicted molar refractivity (Wildman–Crippen MR) is 83.8 cm³/mol. The number of rotatable bonds is 7. The van der Waals surface area contributed by atoms with Gasteiger partial charge in [0.25, 0.3) is 0 Å². The molecule has 21 heavy (non-hydrogen) atoms. The van der Waals surface area contributed by atoms with Crippen LogP contribution in [0.15, 0.2) is 18.2 Å². The average Bonchev–Trinajstić information content (AvgIpc) is 2.85. The molecule has 0 radical (unpaired) electrons. The maximum Gasteiger partial charge on any atom is 0.127 e. The fourth-order valence-electron chi connectivity index (χ4n) is 2.82. The van der Waals surface area contributed by atoms with E-state index in [4.69, 9.17) is 9.47 Å². The second-order valence-corrected chi connectivity index (χ2v) is 6.03. The summed E-state index contributed by atoms with van der Waals surface area (Å²) >= 11 is 0. The highest BCUT2D eigenvalue weighted by Gasteiger charge is 2.24. The van der Waals surface area contributed by atoms with Crippen LogP contribution in [-0.4, -0.2) is 31.0 Å². The Morgan fingerprint density at radius 2 is 2.14 bits per heavy atom. The summed E-state index contributed by atoms with van der Waals surface area (Å²) in [7, 11) is 1.66. The highest BCUT2D eigenvalue weighted by Crippen LogP contribution is 2.27. The first-order valence-electron chi connectivity index (χ1n) is 7.82. The molecule has 2 rings (SSSR count). The molecule has 0 aromatic heterocycles. The quantitative estimate of drug-likeness (QED) is 0.811. The van der Waals surface area contributed by atoms with E-state index in [0.717, 1.165) is 49.4 Å². The Bertz CT molecular complexity index is 448. The van der Waals surface area contributed by atoms with E-state index < -0.39 is 0 Å². The van der Waals surface area contributed by atoms with Crippen molar-refractivity contribution in [2.45, 2.75) is 51.9 Å². The van der Waals surface area contributed by atoms with Gasteiger partial charge in [-0.25, -0.2) is 0 Å². The lowest BCUT2D eigenvalue weighted by Gasteiger charge is -2.18. The molecule has 4 nitrogen and oxygen atoms in total. The lowest BCUT2D eigenvalue weighted by atomic mass is 10.1. The van der Waals surface area contributed by atoms with Crippen LogP contribution in [0, 0.1) is 5.92 Å². The molecule has 4 heteroatoms. The molecule has 1 fully saturated rings. The van der Waals surface area contributed by atoms with Crippen molar-refractivity contribution in [1.29, 1.82) is 0 Å². The van der Waals surface area contributed by atoms with Gasteiger partial charge >= 0.3 is 0 Å². The SMILES string of the molecule is COc1ccc(CNCC2CCCC2O)c(OC(C)C)c1.